The van der Waals surface area contributed by atoms with Gasteiger partial charge in [0.1, 0.15) is 5.75 Å². The van der Waals surface area contributed by atoms with E-state index in [1.807, 2.05) is 24.3 Å². The minimum absolute atomic E-state index is 0.239. The molecule has 2 N–H and O–H groups in total. The molecule has 2 aromatic carbocycles. The first kappa shape index (κ1) is 13.5. The van der Waals surface area contributed by atoms with E-state index < -0.39 is 6.09 Å². The standard InChI is InChI=1S/C17H18N2O2/c20-17(21-15-7-2-1-3-8-15)18-12-14-11-10-13-6-4-5-9-16(13)19-14/h1-9,14,19H,10-12H2,(H,18,20). The number of fused-ring (bicyclic) bond motifs is 1. The largest absolute Gasteiger partial charge is 0.412 e. The van der Waals surface area contributed by atoms with Gasteiger partial charge in [-0.2, -0.15) is 0 Å². The van der Waals surface area contributed by atoms with Crippen LogP contribution in [-0.4, -0.2) is 18.7 Å². The Morgan fingerprint density at radius 2 is 1.90 bits per heavy atom. The predicted molar refractivity (Wildman–Crippen MR) is 82.6 cm³/mol. The van der Waals surface area contributed by atoms with Crippen molar-refractivity contribution in [2.75, 3.05) is 11.9 Å². The number of rotatable bonds is 3. The van der Waals surface area contributed by atoms with Crippen molar-refractivity contribution in [2.45, 2.75) is 18.9 Å². The van der Waals surface area contributed by atoms with Gasteiger partial charge in [0.15, 0.2) is 0 Å². The molecule has 4 nitrogen and oxygen atoms in total. The molecule has 0 aromatic heterocycles. The zero-order valence-corrected chi connectivity index (χ0v) is 11.7. The van der Waals surface area contributed by atoms with Crippen LogP contribution < -0.4 is 15.4 Å². The Morgan fingerprint density at radius 3 is 2.76 bits per heavy atom. The Labute approximate surface area is 124 Å². The Kier molecular flexibility index (Phi) is 4.05. The molecular weight excluding hydrogens is 264 g/mol. The summed E-state index contributed by atoms with van der Waals surface area (Å²) in [5, 5.41) is 6.25. The van der Waals surface area contributed by atoms with Gasteiger partial charge in [0.25, 0.3) is 0 Å². The molecule has 0 saturated carbocycles. The Morgan fingerprint density at radius 1 is 1.14 bits per heavy atom. The van der Waals surface area contributed by atoms with Crippen molar-refractivity contribution >= 4 is 11.8 Å². The topological polar surface area (TPSA) is 50.4 Å². The van der Waals surface area contributed by atoms with Crippen molar-refractivity contribution in [3.63, 3.8) is 0 Å². The first-order valence-electron chi connectivity index (χ1n) is 7.16. The van der Waals surface area contributed by atoms with E-state index in [-0.39, 0.29) is 6.04 Å². The summed E-state index contributed by atoms with van der Waals surface area (Å²) in [5.74, 6) is 0.553. The van der Waals surface area contributed by atoms with Crippen molar-refractivity contribution in [2.24, 2.45) is 0 Å². The van der Waals surface area contributed by atoms with Crippen molar-refractivity contribution in [3.05, 3.63) is 60.2 Å². The second kappa shape index (κ2) is 6.31. The molecule has 0 aliphatic carbocycles. The summed E-state index contributed by atoms with van der Waals surface area (Å²) in [7, 11) is 0. The molecule has 1 amide bonds. The number of carbonyl (C=O) groups is 1. The summed E-state index contributed by atoms with van der Waals surface area (Å²) in [6, 6.07) is 17.6. The van der Waals surface area contributed by atoms with Gasteiger partial charge in [-0.3, -0.25) is 0 Å². The second-order valence-electron chi connectivity index (χ2n) is 5.12. The molecule has 0 fully saturated rings. The van der Waals surface area contributed by atoms with Gasteiger partial charge >= 0.3 is 6.09 Å². The molecular formula is C17H18N2O2. The zero-order chi connectivity index (χ0) is 14.5. The highest BCUT2D eigenvalue weighted by Gasteiger charge is 2.17. The molecule has 1 aliphatic heterocycles. The van der Waals surface area contributed by atoms with E-state index in [4.69, 9.17) is 4.74 Å². The summed E-state index contributed by atoms with van der Waals surface area (Å²) < 4.78 is 5.20. The number of hydrogen-bond acceptors (Lipinski definition) is 3. The van der Waals surface area contributed by atoms with Crippen LogP contribution >= 0.6 is 0 Å². The van der Waals surface area contributed by atoms with Crippen molar-refractivity contribution in [1.82, 2.24) is 5.32 Å². The summed E-state index contributed by atoms with van der Waals surface area (Å²) in [5.41, 5.74) is 2.49. The molecule has 1 heterocycles. The summed E-state index contributed by atoms with van der Waals surface area (Å²) in [6.07, 6.45) is 1.62. The lowest BCUT2D eigenvalue weighted by Gasteiger charge is -2.27. The van der Waals surface area contributed by atoms with Gasteiger partial charge in [-0.15, -0.1) is 0 Å². The van der Waals surface area contributed by atoms with Crippen LogP contribution in [0, 0.1) is 0 Å². The molecule has 4 heteroatoms. The molecule has 1 unspecified atom stereocenters. The van der Waals surface area contributed by atoms with E-state index in [0.717, 1.165) is 18.5 Å². The van der Waals surface area contributed by atoms with Gasteiger partial charge in [-0.1, -0.05) is 36.4 Å². The summed E-state index contributed by atoms with van der Waals surface area (Å²) >= 11 is 0. The smallest absolute Gasteiger partial charge is 0.410 e. The molecule has 0 bridgehead atoms. The lowest BCUT2D eigenvalue weighted by atomic mass is 9.98. The van der Waals surface area contributed by atoms with Crippen molar-refractivity contribution in [3.8, 4) is 5.75 Å². The number of hydrogen-bond donors (Lipinski definition) is 2. The molecule has 108 valence electrons. The van der Waals surface area contributed by atoms with Gasteiger partial charge in [0.2, 0.25) is 0 Å². The average Bonchev–Trinajstić information content (AvgIpc) is 2.54. The zero-order valence-electron chi connectivity index (χ0n) is 11.7. The normalized spacial score (nSPS) is 16.5. The monoisotopic (exact) mass is 282 g/mol. The van der Waals surface area contributed by atoms with Crippen LogP contribution in [0.4, 0.5) is 10.5 Å². The van der Waals surface area contributed by atoms with E-state index in [0.29, 0.717) is 12.3 Å². The third kappa shape index (κ3) is 3.54. The van der Waals surface area contributed by atoms with Gasteiger partial charge in [-0.25, -0.2) is 4.79 Å². The first-order chi connectivity index (χ1) is 10.3. The number of aryl methyl sites for hydroxylation is 1. The summed E-state index contributed by atoms with van der Waals surface area (Å²) in [6.45, 7) is 0.556. The first-order valence-corrected chi connectivity index (χ1v) is 7.16. The van der Waals surface area contributed by atoms with Gasteiger partial charge in [0.05, 0.1) is 0 Å². The minimum atomic E-state index is -0.415. The van der Waals surface area contributed by atoms with E-state index >= 15 is 0 Å². The van der Waals surface area contributed by atoms with E-state index in [1.165, 1.54) is 5.56 Å². The average molecular weight is 282 g/mol. The molecule has 2 aromatic rings. The van der Waals surface area contributed by atoms with Crippen LogP contribution in [0.25, 0.3) is 0 Å². The highest BCUT2D eigenvalue weighted by atomic mass is 16.6. The Balaban J connectivity index is 1.49. The summed E-state index contributed by atoms with van der Waals surface area (Å²) in [4.78, 5) is 11.7. The van der Waals surface area contributed by atoms with Crippen LogP contribution in [0.1, 0.15) is 12.0 Å². The molecule has 1 atom stereocenters. The van der Waals surface area contributed by atoms with Crippen LogP contribution in [0.15, 0.2) is 54.6 Å². The maximum Gasteiger partial charge on any atom is 0.412 e. The van der Waals surface area contributed by atoms with E-state index in [1.54, 1.807) is 12.1 Å². The predicted octanol–water partition coefficient (Wildman–Crippen LogP) is 3.20. The number of amides is 1. The van der Waals surface area contributed by atoms with E-state index in [2.05, 4.69) is 28.8 Å². The molecule has 3 rings (SSSR count). The fraction of sp³-hybridized carbons (Fsp3) is 0.235. The fourth-order valence-corrected chi connectivity index (χ4v) is 2.49. The molecule has 1 aliphatic rings. The number of ether oxygens (including phenoxy) is 1. The Bertz CT molecular complexity index is 613. The van der Waals surface area contributed by atoms with Crippen LogP contribution in [0.5, 0.6) is 5.75 Å². The number of carbonyl (C=O) groups excluding carboxylic acids is 1. The number of benzene rings is 2. The molecule has 0 spiro atoms. The number of nitrogens with one attached hydrogen (secondary N) is 2. The fourth-order valence-electron chi connectivity index (χ4n) is 2.49. The lowest BCUT2D eigenvalue weighted by molar-refractivity contribution is 0.200. The lowest BCUT2D eigenvalue weighted by Crippen LogP contribution is -2.39. The second-order valence-corrected chi connectivity index (χ2v) is 5.12. The third-order valence-corrected chi connectivity index (χ3v) is 3.59. The van der Waals surface area contributed by atoms with Crippen LogP contribution in [0.2, 0.25) is 0 Å². The van der Waals surface area contributed by atoms with Crippen LogP contribution in [-0.2, 0) is 6.42 Å². The number of anilines is 1. The highest BCUT2D eigenvalue weighted by molar-refractivity contribution is 5.70. The van der Waals surface area contributed by atoms with Crippen molar-refractivity contribution in [1.29, 1.82) is 0 Å². The molecule has 0 radical (unpaired) electrons. The maximum absolute atomic E-state index is 11.7. The SMILES string of the molecule is O=C(NCC1CCc2ccccc2N1)Oc1ccccc1. The van der Waals surface area contributed by atoms with E-state index in [9.17, 15) is 4.79 Å². The Hall–Kier alpha value is -2.49. The van der Waals surface area contributed by atoms with Gasteiger partial charge < -0.3 is 15.4 Å². The van der Waals surface area contributed by atoms with Gasteiger partial charge in [0, 0.05) is 18.3 Å². The quantitative estimate of drug-likeness (QED) is 0.909. The molecule has 0 saturated heterocycles. The highest BCUT2D eigenvalue weighted by Crippen LogP contribution is 2.23. The minimum Gasteiger partial charge on any atom is -0.410 e. The maximum atomic E-state index is 11.7. The number of para-hydroxylation sites is 2. The molecule has 21 heavy (non-hydrogen) atoms. The third-order valence-electron chi connectivity index (χ3n) is 3.59. The van der Waals surface area contributed by atoms with Gasteiger partial charge in [-0.05, 0) is 36.6 Å². The van der Waals surface area contributed by atoms with Crippen LogP contribution in [0.3, 0.4) is 0 Å². The van der Waals surface area contributed by atoms with Crippen molar-refractivity contribution < 1.29 is 9.53 Å².